The van der Waals surface area contributed by atoms with E-state index in [9.17, 15) is 4.79 Å². The molecule has 1 aliphatic rings. The minimum absolute atomic E-state index is 0.143. The molecule has 0 atom stereocenters. The van der Waals surface area contributed by atoms with E-state index in [0.29, 0.717) is 32.4 Å². The zero-order chi connectivity index (χ0) is 15.0. The topological polar surface area (TPSA) is 64.2 Å². The number of aromatic amines is 1. The lowest BCUT2D eigenvalue weighted by atomic mass is 10.1. The molecule has 1 aromatic heterocycles. The Bertz CT molecular complexity index is 761. The molecule has 0 aliphatic carbocycles. The lowest BCUT2D eigenvalue weighted by Crippen LogP contribution is -2.13. The molecule has 21 heavy (non-hydrogen) atoms. The summed E-state index contributed by atoms with van der Waals surface area (Å²) >= 11 is 9.44. The van der Waals surface area contributed by atoms with Crippen LogP contribution in [0.2, 0.25) is 5.02 Å². The fraction of sp³-hybridized carbons (Fsp3) is 0.286. The maximum Gasteiger partial charge on any atom is 0.265 e. The number of aryl methyl sites for hydroxylation is 1. The number of benzene rings is 1. The van der Waals surface area contributed by atoms with E-state index < -0.39 is 0 Å². The highest BCUT2D eigenvalue weighted by molar-refractivity contribution is 9.10. The second-order valence-corrected chi connectivity index (χ2v) is 5.82. The average Bonchev–Trinajstić information content (AvgIpc) is 2.92. The largest absolute Gasteiger partial charge is 0.454 e. The molecule has 2 aromatic rings. The Hall–Kier alpha value is -1.53. The van der Waals surface area contributed by atoms with Crippen molar-refractivity contribution < 1.29 is 9.47 Å². The molecular weight excluding hydrogens is 360 g/mol. The first-order valence-electron chi connectivity index (χ1n) is 6.48. The van der Waals surface area contributed by atoms with Gasteiger partial charge in [-0.25, -0.2) is 4.98 Å². The van der Waals surface area contributed by atoms with Crippen LogP contribution in [0.5, 0.6) is 11.5 Å². The summed E-state index contributed by atoms with van der Waals surface area (Å²) in [7, 11) is 0. The monoisotopic (exact) mass is 370 g/mol. The van der Waals surface area contributed by atoms with E-state index in [2.05, 4.69) is 25.9 Å². The smallest absolute Gasteiger partial charge is 0.265 e. The number of hydrogen-bond donors (Lipinski definition) is 1. The molecule has 110 valence electrons. The number of fused-ring (bicyclic) bond motifs is 1. The number of halogens is 2. The number of nitrogens with zero attached hydrogens (tertiary/aromatic N) is 1. The Kier molecular flexibility index (Phi) is 3.91. The van der Waals surface area contributed by atoms with Gasteiger partial charge in [0.15, 0.2) is 11.5 Å². The van der Waals surface area contributed by atoms with Crippen molar-refractivity contribution in [2.75, 3.05) is 6.79 Å². The van der Waals surface area contributed by atoms with Gasteiger partial charge in [-0.2, -0.15) is 0 Å². The highest BCUT2D eigenvalue weighted by Crippen LogP contribution is 2.41. The molecule has 0 bridgehead atoms. The summed E-state index contributed by atoms with van der Waals surface area (Å²) in [6, 6.07) is 3.47. The number of ether oxygens (including phenoxy) is 2. The molecule has 0 saturated heterocycles. The summed E-state index contributed by atoms with van der Waals surface area (Å²) < 4.78 is 11.1. The van der Waals surface area contributed by atoms with Crippen molar-refractivity contribution in [1.29, 1.82) is 0 Å². The van der Waals surface area contributed by atoms with Crippen molar-refractivity contribution in [3.63, 3.8) is 0 Å². The van der Waals surface area contributed by atoms with Crippen LogP contribution in [0.3, 0.4) is 0 Å². The summed E-state index contributed by atoms with van der Waals surface area (Å²) in [4.78, 5) is 19.2. The quantitative estimate of drug-likeness (QED) is 0.896. The van der Waals surface area contributed by atoms with Crippen LogP contribution in [0.1, 0.15) is 19.0 Å². The fourth-order valence-corrected chi connectivity index (χ4v) is 2.80. The summed E-state index contributed by atoms with van der Waals surface area (Å²) in [6.07, 6.45) is 1.62. The molecule has 1 N–H and O–H groups in total. The van der Waals surface area contributed by atoms with E-state index in [1.54, 1.807) is 12.1 Å². The van der Waals surface area contributed by atoms with Gasteiger partial charge in [-0.3, -0.25) is 4.79 Å². The van der Waals surface area contributed by atoms with Gasteiger partial charge >= 0.3 is 0 Å². The molecule has 1 aliphatic heterocycles. The van der Waals surface area contributed by atoms with Crippen molar-refractivity contribution in [3.8, 4) is 22.9 Å². The number of aromatic nitrogens is 2. The summed E-state index contributed by atoms with van der Waals surface area (Å²) in [5, 5.41) is 0.433. The zero-order valence-corrected chi connectivity index (χ0v) is 13.5. The van der Waals surface area contributed by atoms with Gasteiger partial charge in [-0.15, -0.1) is 0 Å². The van der Waals surface area contributed by atoms with Gasteiger partial charge < -0.3 is 14.5 Å². The molecule has 0 radical (unpaired) electrons. The Balaban J connectivity index is 2.13. The second kappa shape index (κ2) is 5.69. The van der Waals surface area contributed by atoms with E-state index in [1.165, 1.54) is 0 Å². The third-order valence-corrected chi connectivity index (χ3v) is 4.22. The summed E-state index contributed by atoms with van der Waals surface area (Å²) in [5.74, 6) is 1.54. The van der Waals surface area contributed by atoms with Gasteiger partial charge in [-0.05, 0) is 34.5 Å². The SMILES string of the molecule is CCCc1nc(-c2cc(Cl)c3c(c2)OCO3)[nH]c(=O)c1Br. The van der Waals surface area contributed by atoms with Gasteiger partial charge in [0.1, 0.15) is 10.3 Å². The lowest BCUT2D eigenvalue weighted by molar-refractivity contribution is 0.174. The number of hydrogen-bond acceptors (Lipinski definition) is 4. The average molecular weight is 372 g/mol. The Morgan fingerprint density at radius 1 is 1.43 bits per heavy atom. The third kappa shape index (κ3) is 2.65. The maximum atomic E-state index is 12.0. The molecule has 0 amide bonds. The van der Waals surface area contributed by atoms with Gasteiger partial charge in [0.2, 0.25) is 6.79 Å². The Morgan fingerprint density at radius 3 is 3.00 bits per heavy atom. The van der Waals surface area contributed by atoms with Crippen LogP contribution in [-0.2, 0) is 6.42 Å². The molecule has 0 spiro atoms. The predicted molar refractivity (Wildman–Crippen MR) is 83.1 cm³/mol. The van der Waals surface area contributed by atoms with Crippen LogP contribution >= 0.6 is 27.5 Å². The molecule has 1 aromatic carbocycles. The van der Waals surface area contributed by atoms with E-state index in [0.717, 1.165) is 18.5 Å². The van der Waals surface area contributed by atoms with Crippen molar-refractivity contribution in [2.45, 2.75) is 19.8 Å². The first-order chi connectivity index (χ1) is 10.1. The van der Waals surface area contributed by atoms with Crippen LogP contribution in [-0.4, -0.2) is 16.8 Å². The van der Waals surface area contributed by atoms with Crippen LogP contribution < -0.4 is 15.0 Å². The zero-order valence-electron chi connectivity index (χ0n) is 11.2. The Morgan fingerprint density at radius 2 is 2.24 bits per heavy atom. The minimum atomic E-state index is -0.211. The van der Waals surface area contributed by atoms with Crippen molar-refractivity contribution in [2.24, 2.45) is 0 Å². The number of nitrogens with one attached hydrogen (secondary N) is 1. The van der Waals surface area contributed by atoms with E-state index >= 15 is 0 Å². The molecule has 5 nitrogen and oxygen atoms in total. The molecule has 0 unspecified atom stereocenters. The highest BCUT2D eigenvalue weighted by Gasteiger charge is 2.20. The molecule has 3 rings (SSSR count). The fourth-order valence-electron chi connectivity index (χ4n) is 2.15. The second-order valence-electron chi connectivity index (χ2n) is 4.62. The van der Waals surface area contributed by atoms with Crippen LogP contribution in [0.25, 0.3) is 11.4 Å². The molecule has 2 heterocycles. The van der Waals surface area contributed by atoms with E-state index in [-0.39, 0.29) is 12.4 Å². The number of H-pyrrole nitrogens is 1. The van der Waals surface area contributed by atoms with Crippen molar-refractivity contribution >= 4 is 27.5 Å². The molecule has 0 saturated carbocycles. The standard InChI is InChI=1S/C14H12BrClN2O3/c1-2-3-9-11(15)14(19)18-13(17-9)7-4-8(16)12-10(5-7)20-6-21-12/h4-5H,2-3,6H2,1H3,(H,17,18,19). The van der Waals surface area contributed by atoms with Gasteiger partial charge in [0.05, 0.1) is 10.7 Å². The summed E-state index contributed by atoms with van der Waals surface area (Å²) in [5.41, 5.74) is 1.20. The molecule has 0 fully saturated rings. The van der Waals surface area contributed by atoms with Crippen LogP contribution in [0, 0.1) is 0 Å². The normalized spacial score (nSPS) is 12.7. The van der Waals surface area contributed by atoms with E-state index in [1.807, 2.05) is 6.92 Å². The highest BCUT2D eigenvalue weighted by atomic mass is 79.9. The summed E-state index contributed by atoms with van der Waals surface area (Å²) in [6.45, 7) is 2.18. The third-order valence-electron chi connectivity index (χ3n) is 3.12. The van der Waals surface area contributed by atoms with Gasteiger partial charge in [-0.1, -0.05) is 24.9 Å². The van der Waals surface area contributed by atoms with Gasteiger partial charge in [0.25, 0.3) is 5.56 Å². The lowest BCUT2D eigenvalue weighted by Gasteiger charge is -2.08. The van der Waals surface area contributed by atoms with Crippen molar-refractivity contribution in [3.05, 3.63) is 37.7 Å². The van der Waals surface area contributed by atoms with Gasteiger partial charge in [0, 0.05) is 5.56 Å². The minimum Gasteiger partial charge on any atom is -0.454 e. The first kappa shape index (κ1) is 14.4. The Labute approximate surface area is 134 Å². The van der Waals surface area contributed by atoms with Crippen molar-refractivity contribution in [1.82, 2.24) is 9.97 Å². The first-order valence-corrected chi connectivity index (χ1v) is 7.65. The van der Waals surface area contributed by atoms with Crippen LogP contribution in [0.4, 0.5) is 0 Å². The predicted octanol–water partition coefficient (Wildman–Crippen LogP) is 3.53. The molecular formula is C14H12BrClN2O3. The molecule has 7 heteroatoms. The van der Waals surface area contributed by atoms with E-state index in [4.69, 9.17) is 21.1 Å². The maximum absolute atomic E-state index is 12.0. The van der Waals surface area contributed by atoms with Crippen LogP contribution in [0.15, 0.2) is 21.4 Å². The number of rotatable bonds is 3.